The number of hydrogen-bond donors (Lipinski definition) is 1. The minimum atomic E-state index is -4.76. The zero-order valence-corrected chi connectivity index (χ0v) is 16.1. The van der Waals surface area contributed by atoms with Gasteiger partial charge in [-0.3, -0.25) is 0 Å². The highest BCUT2D eigenvalue weighted by molar-refractivity contribution is 5.87. The predicted octanol–water partition coefficient (Wildman–Crippen LogP) is 4.83. The van der Waals surface area contributed by atoms with Gasteiger partial charge in [-0.1, -0.05) is 12.1 Å². The molecule has 1 atom stereocenters. The van der Waals surface area contributed by atoms with Crippen LogP contribution in [0.3, 0.4) is 0 Å². The summed E-state index contributed by atoms with van der Waals surface area (Å²) >= 11 is 0. The highest BCUT2D eigenvalue weighted by atomic mass is 19.4. The SMILES string of the molecule is Cc1c(Cc2cccc(O[C@H](C)C(=O)O)c2)c2cc(OC(F)(F)F)ccc2n1C. The third kappa shape index (κ3) is 4.64. The number of nitrogens with zero attached hydrogens (tertiary/aromatic N) is 1. The Morgan fingerprint density at radius 3 is 2.55 bits per heavy atom. The van der Waals surface area contributed by atoms with E-state index in [2.05, 4.69) is 4.74 Å². The predicted molar refractivity (Wildman–Crippen MR) is 101 cm³/mol. The van der Waals surface area contributed by atoms with Gasteiger partial charge < -0.3 is 19.1 Å². The average molecular weight is 407 g/mol. The summed E-state index contributed by atoms with van der Waals surface area (Å²) in [6, 6.07) is 11.3. The van der Waals surface area contributed by atoms with Crippen molar-refractivity contribution in [2.75, 3.05) is 0 Å². The molecule has 1 aromatic heterocycles. The Kier molecular flexibility index (Phi) is 5.46. The first-order valence-electron chi connectivity index (χ1n) is 8.87. The molecule has 0 unspecified atom stereocenters. The standard InChI is InChI=1S/C21H20F3NO4/c1-12-17(10-14-5-4-6-15(9-14)28-13(2)20(26)27)18-11-16(29-21(22,23)24)7-8-19(18)25(12)3/h4-9,11,13H,10H2,1-3H3,(H,26,27)/t13-/m1/s1. The summed E-state index contributed by atoms with van der Waals surface area (Å²) in [5.74, 6) is -0.932. The van der Waals surface area contributed by atoms with E-state index < -0.39 is 18.4 Å². The molecule has 0 saturated heterocycles. The molecule has 1 heterocycles. The Balaban J connectivity index is 1.96. The molecular formula is C21H20F3NO4. The van der Waals surface area contributed by atoms with Crippen LogP contribution in [0, 0.1) is 6.92 Å². The van der Waals surface area contributed by atoms with Crippen molar-refractivity contribution in [3.8, 4) is 11.5 Å². The molecule has 3 rings (SSSR count). The first-order chi connectivity index (χ1) is 13.5. The van der Waals surface area contributed by atoms with E-state index in [0.29, 0.717) is 17.6 Å². The average Bonchev–Trinajstić information content (AvgIpc) is 2.85. The van der Waals surface area contributed by atoms with Crippen LogP contribution in [0.1, 0.15) is 23.7 Å². The summed E-state index contributed by atoms with van der Waals surface area (Å²) in [5, 5.41) is 9.66. The second-order valence-electron chi connectivity index (χ2n) is 6.77. The van der Waals surface area contributed by atoms with Crippen LogP contribution in [0.25, 0.3) is 10.9 Å². The van der Waals surface area contributed by atoms with Crippen LogP contribution in [0.4, 0.5) is 13.2 Å². The number of alkyl halides is 3. The lowest BCUT2D eigenvalue weighted by molar-refractivity contribution is -0.274. The van der Waals surface area contributed by atoms with Gasteiger partial charge in [0.15, 0.2) is 6.10 Å². The lowest BCUT2D eigenvalue weighted by Gasteiger charge is -2.12. The van der Waals surface area contributed by atoms with Crippen molar-refractivity contribution in [1.29, 1.82) is 0 Å². The van der Waals surface area contributed by atoms with Gasteiger partial charge in [0.1, 0.15) is 11.5 Å². The summed E-state index contributed by atoms with van der Waals surface area (Å²) in [4.78, 5) is 11.0. The van der Waals surface area contributed by atoms with E-state index in [0.717, 1.165) is 22.3 Å². The Bertz CT molecular complexity index is 1060. The Morgan fingerprint density at radius 1 is 1.17 bits per heavy atom. The maximum absolute atomic E-state index is 12.6. The molecule has 154 valence electrons. The number of aliphatic carboxylic acids is 1. The first-order valence-corrected chi connectivity index (χ1v) is 8.87. The van der Waals surface area contributed by atoms with E-state index >= 15 is 0 Å². The summed E-state index contributed by atoms with van der Waals surface area (Å²) in [5.41, 5.74) is 3.41. The third-order valence-electron chi connectivity index (χ3n) is 4.77. The number of rotatable bonds is 6. The summed E-state index contributed by atoms with van der Waals surface area (Å²) in [6.45, 7) is 3.33. The highest BCUT2D eigenvalue weighted by Gasteiger charge is 2.31. The second kappa shape index (κ2) is 7.69. The fourth-order valence-electron chi connectivity index (χ4n) is 3.24. The van der Waals surface area contributed by atoms with Crippen LogP contribution in [0.2, 0.25) is 0 Å². The molecule has 0 amide bonds. The molecular weight excluding hydrogens is 387 g/mol. The van der Waals surface area contributed by atoms with Crippen molar-refractivity contribution in [2.45, 2.75) is 32.7 Å². The van der Waals surface area contributed by atoms with Gasteiger partial charge in [-0.05, 0) is 61.7 Å². The van der Waals surface area contributed by atoms with Crippen LogP contribution in [-0.4, -0.2) is 28.1 Å². The molecule has 0 spiro atoms. The number of hydrogen-bond acceptors (Lipinski definition) is 3. The van der Waals surface area contributed by atoms with Crippen LogP contribution in [0.15, 0.2) is 42.5 Å². The molecule has 0 aliphatic heterocycles. The van der Waals surface area contributed by atoms with E-state index in [1.807, 2.05) is 24.6 Å². The molecule has 2 aromatic carbocycles. The first kappa shape index (κ1) is 20.6. The van der Waals surface area contributed by atoms with Crippen molar-refractivity contribution in [1.82, 2.24) is 4.57 Å². The number of halogens is 3. The number of ether oxygens (including phenoxy) is 2. The minimum Gasteiger partial charge on any atom is -0.479 e. The number of carbonyl (C=O) groups is 1. The lowest BCUT2D eigenvalue weighted by atomic mass is 10.0. The molecule has 0 aliphatic rings. The van der Waals surface area contributed by atoms with Crippen LogP contribution >= 0.6 is 0 Å². The fourth-order valence-corrected chi connectivity index (χ4v) is 3.24. The molecule has 1 N–H and O–H groups in total. The highest BCUT2D eigenvalue weighted by Crippen LogP contribution is 2.32. The maximum atomic E-state index is 12.6. The molecule has 0 aliphatic carbocycles. The monoisotopic (exact) mass is 407 g/mol. The van der Waals surface area contributed by atoms with Gasteiger partial charge in [0.25, 0.3) is 0 Å². The van der Waals surface area contributed by atoms with Gasteiger partial charge in [0.2, 0.25) is 0 Å². The zero-order chi connectivity index (χ0) is 21.3. The third-order valence-corrected chi connectivity index (χ3v) is 4.77. The van der Waals surface area contributed by atoms with Crippen LogP contribution < -0.4 is 9.47 Å². The maximum Gasteiger partial charge on any atom is 0.573 e. The quantitative estimate of drug-likeness (QED) is 0.636. The summed E-state index contributed by atoms with van der Waals surface area (Å²) in [6.07, 6.45) is -5.31. The molecule has 8 heteroatoms. The summed E-state index contributed by atoms with van der Waals surface area (Å²) in [7, 11) is 1.85. The number of fused-ring (bicyclic) bond motifs is 1. The molecule has 3 aromatic rings. The van der Waals surface area contributed by atoms with Crippen LogP contribution in [0.5, 0.6) is 11.5 Å². The minimum absolute atomic E-state index is 0.274. The number of carboxylic acids is 1. The van der Waals surface area contributed by atoms with Crippen molar-refractivity contribution < 1.29 is 32.5 Å². The van der Waals surface area contributed by atoms with Crippen molar-refractivity contribution in [3.63, 3.8) is 0 Å². The van der Waals surface area contributed by atoms with E-state index in [1.165, 1.54) is 19.1 Å². The van der Waals surface area contributed by atoms with Gasteiger partial charge in [0.05, 0.1) is 0 Å². The van der Waals surface area contributed by atoms with Gasteiger partial charge in [-0.2, -0.15) is 0 Å². The van der Waals surface area contributed by atoms with E-state index in [1.54, 1.807) is 24.3 Å². The second-order valence-corrected chi connectivity index (χ2v) is 6.77. The fraction of sp³-hybridized carbons (Fsp3) is 0.286. The van der Waals surface area contributed by atoms with E-state index in [4.69, 9.17) is 9.84 Å². The number of aromatic nitrogens is 1. The normalized spacial score (nSPS) is 12.8. The van der Waals surface area contributed by atoms with Crippen molar-refractivity contribution >= 4 is 16.9 Å². The molecule has 0 bridgehead atoms. The van der Waals surface area contributed by atoms with Gasteiger partial charge in [0, 0.05) is 23.6 Å². The zero-order valence-electron chi connectivity index (χ0n) is 16.1. The van der Waals surface area contributed by atoms with Gasteiger partial charge in [-0.15, -0.1) is 13.2 Å². The van der Waals surface area contributed by atoms with Crippen molar-refractivity contribution in [3.05, 3.63) is 59.3 Å². The summed E-state index contributed by atoms with van der Waals surface area (Å²) < 4.78 is 49.2. The van der Waals surface area contributed by atoms with Crippen LogP contribution in [-0.2, 0) is 18.3 Å². The number of carboxylic acid groups (broad SMARTS) is 1. The Hall–Kier alpha value is -3.16. The smallest absolute Gasteiger partial charge is 0.479 e. The number of benzene rings is 2. The lowest BCUT2D eigenvalue weighted by Crippen LogP contribution is -2.22. The molecule has 0 saturated carbocycles. The van der Waals surface area contributed by atoms with E-state index in [-0.39, 0.29) is 5.75 Å². The molecule has 0 fully saturated rings. The molecule has 0 radical (unpaired) electrons. The van der Waals surface area contributed by atoms with Crippen molar-refractivity contribution in [2.24, 2.45) is 7.05 Å². The van der Waals surface area contributed by atoms with E-state index in [9.17, 15) is 18.0 Å². The Morgan fingerprint density at radius 2 is 1.90 bits per heavy atom. The topological polar surface area (TPSA) is 60.7 Å². The largest absolute Gasteiger partial charge is 0.573 e. The molecule has 5 nitrogen and oxygen atoms in total. The Labute approximate surface area is 165 Å². The number of aryl methyl sites for hydroxylation is 1. The van der Waals surface area contributed by atoms with Gasteiger partial charge in [-0.25, -0.2) is 4.79 Å². The molecule has 29 heavy (non-hydrogen) atoms. The van der Waals surface area contributed by atoms with Gasteiger partial charge >= 0.3 is 12.3 Å².